The predicted octanol–water partition coefficient (Wildman–Crippen LogP) is 4.18. The summed E-state index contributed by atoms with van der Waals surface area (Å²) in [6, 6.07) is 7.09. The van der Waals surface area contributed by atoms with E-state index in [9.17, 15) is 4.79 Å². The van der Waals surface area contributed by atoms with Gasteiger partial charge in [-0.2, -0.15) is 0 Å². The van der Waals surface area contributed by atoms with Crippen molar-refractivity contribution in [3.8, 4) is 5.75 Å². The van der Waals surface area contributed by atoms with Crippen LogP contribution in [0.3, 0.4) is 0 Å². The van der Waals surface area contributed by atoms with E-state index in [0.29, 0.717) is 21.5 Å². The van der Waals surface area contributed by atoms with Crippen LogP contribution in [0.2, 0.25) is 5.02 Å². The van der Waals surface area contributed by atoms with Gasteiger partial charge in [-0.1, -0.05) is 33.6 Å². The van der Waals surface area contributed by atoms with Crippen LogP contribution in [0.4, 0.5) is 0 Å². The molecule has 1 aliphatic rings. The molecule has 116 valence electrons. The number of rotatable bonds is 5. The Labute approximate surface area is 139 Å². The highest BCUT2D eigenvalue weighted by Gasteiger charge is 2.21. The first-order valence-corrected chi connectivity index (χ1v) is 8.68. The lowest BCUT2D eigenvalue weighted by molar-refractivity contribution is -0.127. The van der Waals surface area contributed by atoms with Crippen molar-refractivity contribution >= 4 is 33.4 Å². The molecule has 2 rings (SSSR count). The molecule has 1 aromatic carbocycles. The predicted molar refractivity (Wildman–Crippen MR) is 89.2 cm³/mol. The minimum Gasteiger partial charge on any atom is -0.481 e. The summed E-state index contributed by atoms with van der Waals surface area (Å²) in [5.74, 6) is 1.13. The Morgan fingerprint density at radius 1 is 1.43 bits per heavy atom. The van der Waals surface area contributed by atoms with Gasteiger partial charge in [0.2, 0.25) is 0 Å². The topological polar surface area (TPSA) is 38.3 Å². The van der Waals surface area contributed by atoms with Gasteiger partial charge in [0.25, 0.3) is 5.91 Å². The molecule has 0 spiro atoms. The fourth-order valence-corrected chi connectivity index (χ4v) is 3.22. The Bertz CT molecular complexity index is 475. The van der Waals surface area contributed by atoms with Crippen molar-refractivity contribution in [2.45, 2.75) is 43.5 Å². The summed E-state index contributed by atoms with van der Waals surface area (Å²) in [4.78, 5) is 12.7. The van der Waals surface area contributed by atoms with Crippen LogP contribution in [-0.2, 0) is 4.79 Å². The van der Waals surface area contributed by atoms with E-state index in [2.05, 4.69) is 21.2 Å². The van der Waals surface area contributed by atoms with Crippen molar-refractivity contribution < 1.29 is 9.53 Å². The number of halogens is 2. The molecule has 1 amide bonds. The van der Waals surface area contributed by atoms with Crippen molar-refractivity contribution in [3.05, 3.63) is 29.3 Å². The average Bonchev–Trinajstić information content (AvgIpc) is 2.46. The summed E-state index contributed by atoms with van der Waals surface area (Å²) < 4.78 is 5.61. The number of hydrogen-bond donors (Lipinski definition) is 1. The Balaban J connectivity index is 1.75. The molecule has 1 aromatic rings. The lowest BCUT2D eigenvalue weighted by atomic mass is 9.89. The van der Waals surface area contributed by atoms with Gasteiger partial charge < -0.3 is 10.1 Å². The lowest BCUT2D eigenvalue weighted by Crippen LogP contribution is -2.39. The molecule has 5 heteroatoms. The van der Waals surface area contributed by atoms with E-state index in [1.54, 1.807) is 31.2 Å². The SMILES string of the molecule is CC(Oc1cccc(Cl)c1)C(=O)NCC1CCC(Br)CC1. The van der Waals surface area contributed by atoms with Crippen LogP contribution < -0.4 is 10.1 Å². The van der Waals surface area contributed by atoms with Crippen LogP contribution in [0, 0.1) is 5.92 Å². The maximum Gasteiger partial charge on any atom is 0.260 e. The summed E-state index contributed by atoms with van der Waals surface area (Å²) in [7, 11) is 0. The second kappa shape index (κ2) is 8.04. The first kappa shape index (κ1) is 16.6. The van der Waals surface area contributed by atoms with Gasteiger partial charge >= 0.3 is 0 Å². The van der Waals surface area contributed by atoms with E-state index in [1.807, 2.05) is 0 Å². The Morgan fingerprint density at radius 3 is 2.81 bits per heavy atom. The quantitative estimate of drug-likeness (QED) is 0.785. The lowest BCUT2D eigenvalue weighted by Gasteiger charge is -2.25. The van der Waals surface area contributed by atoms with E-state index in [-0.39, 0.29) is 5.91 Å². The molecule has 1 saturated carbocycles. The van der Waals surface area contributed by atoms with Gasteiger partial charge in [-0.3, -0.25) is 4.79 Å². The molecule has 0 radical (unpaired) electrons. The minimum absolute atomic E-state index is 0.0732. The third-order valence-corrected chi connectivity index (χ3v) is 4.97. The third kappa shape index (κ3) is 5.51. The molecule has 1 fully saturated rings. The molecule has 1 unspecified atom stereocenters. The zero-order valence-corrected chi connectivity index (χ0v) is 14.5. The third-order valence-electron chi connectivity index (χ3n) is 3.82. The number of ether oxygens (including phenoxy) is 1. The molecule has 0 aromatic heterocycles. The van der Waals surface area contributed by atoms with Gasteiger partial charge in [0.1, 0.15) is 5.75 Å². The summed E-state index contributed by atoms with van der Waals surface area (Å²) in [5.41, 5.74) is 0. The highest BCUT2D eigenvalue weighted by molar-refractivity contribution is 9.09. The Kier molecular flexibility index (Phi) is 6.37. The molecule has 21 heavy (non-hydrogen) atoms. The van der Waals surface area contributed by atoms with Gasteiger partial charge in [0.15, 0.2) is 6.10 Å². The van der Waals surface area contributed by atoms with Crippen molar-refractivity contribution in [2.75, 3.05) is 6.54 Å². The molecule has 0 bridgehead atoms. The fourth-order valence-electron chi connectivity index (χ4n) is 2.51. The van der Waals surface area contributed by atoms with E-state index >= 15 is 0 Å². The van der Waals surface area contributed by atoms with Gasteiger partial charge in [-0.25, -0.2) is 0 Å². The molecule has 1 N–H and O–H groups in total. The molecule has 0 aliphatic heterocycles. The fraction of sp³-hybridized carbons (Fsp3) is 0.562. The number of amides is 1. The molecule has 1 aliphatic carbocycles. The zero-order chi connectivity index (χ0) is 15.2. The first-order chi connectivity index (χ1) is 10.0. The number of alkyl halides is 1. The van der Waals surface area contributed by atoms with E-state index in [1.165, 1.54) is 25.7 Å². The number of benzene rings is 1. The standard InChI is InChI=1S/C16H21BrClNO2/c1-11(21-15-4-2-3-14(18)9-15)16(20)19-10-12-5-7-13(17)8-6-12/h2-4,9,11-13H,5-8,10H2,1H3,(H,19,20). The van der Waals surface area contributed by atoms with Crippen LogP contribution in [0.15, 0.2) is 24.3 Å². The van der Waals surface area contributed by atoms with Crippen molar-refractivity contribution in [1.29, 1.82) is 0 Å². The van der Waals surface area contributed by atoms with Gasteiger partial charge in [0.05, 0.1) is 0 Å². The Morgan fingerprint density at radius 2 is 2.14 bits per heavy atom. The van der Waals surface area contributed by atoms with Crippen LogP contribution in [0.1, 0.15) is 32.6 Å². The zero-order valence-electron chi connectivity index (χ0n) is 12.1. The highest BCUT2D eigenvalue weighted by atomic mass is 79.9. The average molecular weight is 375 g/mol. The van der Waals surface area contributed by atoms with Crippen LogP contribution >= 0.6 is 27.5 Å². The van der Waals surface area contributed by atoms with Crippen LogP contribution in [0.25, 0.3) is 0 Å². The summed E-state index contributed by atoms with van der Waals surface area (Å²) in [5, 5.41) is 3.59. The van der Waals surface area contributed by atoms with E-state index < -0.39 is 6.10 Å². The first-order valence-electron chi connectivity index (χ1n) is 7.38. The van der Waals surface area contributed by atoms with Crippen molar-refractivity contribution in [3.63, 3.8) is 0 Å². The van der Waals surface area contributed by atoms with Gasteiger partial charge in [0, 0.05) is 16.4 Å². The number of nitrogens with one attached hydrogen (secondary N) is 1. The molecule has 1 atom stereocenters. The molecular formula is C16H21BrClNO2. The van der Waals surface area contributed by atoms with Crippen LogP contribution in [-0.4, -0.2) is 23.4 Å². The number of carbonyl (C=O) groups is 1. The van der Waals surface area contributed by atoms with Crippen LogP contribution in [0.5, 0.6) is 5.75 Å². The van der Waals surface area contributed by atoms with E-state index in [0.717, 1.165) is 6.54 Å². The molecule has 0 heterocycles. The summed E-state index contributed by atoms with van der Waals surface area (Å²) in [6.45, 7) is 2.49. The van der Waals surface area contributed by atoms with Crippen molar-refractivity contribution in [1.82, 2.24) is 5.32 Å². The summed E-state index contributed by atoms with van der Waals surface area (Å²) in [6.07, 6.45) is 4.19. The van der Waals surface area contributed by atoms with E-state index in [4.69, 9.17) is 16.3 Å². The second-order valence-electron chi connectivity index (χ2n) is 5.58. The summed E-state index contributed by atoms with van der Waals surface area (Å²) >= 11 is 9.54. The maximum absolute atomic E-state index is 12.1. The molecular weight excluding hydrogens is 354 g/mol. The molecule has 3 nitrogen and oxygen atoms in total. The smallest absolute Gasteiger partial charge is 0.260 e. The number of hydrogen-bond acceptors (Lipinski definition) is 2. The minimum atomic E-state index is -0.518. The second-order valence-corrected chi connectivity index (χ2v) is 7.31. The number of carbonyl (C=O) groups excluding carboxylic acids is 1. The molecule has 0 saturated heterocycles. The van der Waals surface area contributed by atoms with Gasteiger partial charge in [-0.05, 0) is 56.7 Å². The van der Waals surface area contributed by atoms with Crippen molar-refractivity contribution in [2.24, 2.45) is 5.92 Å². The Hall–Kier alpha value is -0.740. The largest absolute Gasteiger partial charge is 0.481 e. The normalized spacial score (nSPS) is 23.4. The monoisotopic (exact) mass is 373 g/mol. The van der Waals surface area contributed by atoms with Gasteiger partial charge in [-0.15, -0.1) is 0 Å². The highest BCUT2D eigenvalue weighted by Crippen LogP contribution is 2.28. The maximum atomic E-state index is 12.1.